The maximum absolute atomic E-state index is 13.8. The van der Waals surface area contributed by atoms with E-state index in [1.165, 1.54) is 6.07 Å². The zero-order valence-corrected chi connectivity index (χ0v) is 15.8. The highest BCUT2D eigenvalue weighted by Gasteiger charge is 2.07. The first kappa shape index (κ1) is 20.5. The number of nitrogens with one attached hydrogen (secondary N) is 2. The van der Waals surface area contributed by atoms with Crippen LogP contribution in [0.4, 0.5) is 8.78 Å². The monoisotopic (exact) mass is 377 g/mol. The highest BCUT2D eigenvalue weighted by Crippen LogP contribution is 2.28. The molecule has 0 aromatic heterocycles. The largest absolute Gasteiger partial charge is 0.493 e. The van der Waals surface area contributed by atoms with Gasteiger partial charge in [0.15, 0.2) is 17.5 Å². The van der Waals surface area contributed by atoms with Gasteiger partial charge in [-0.05, 0) is 49.7 Å². The number of ether oxygens (including phenoxy) is 2. The van der Waals surface area contributed by atoms with Crippen LogP contribution in [0.3, 0.4) is 0 Å². The van der Waals surface area contributed by atoms with Crippen LogP contribution in [0.1, 0.15) is 25.0 Å². The zero-order chi connectivity index (χ0) is 19.6. The molecule has 0 unspecified atom stereocenters. The van der Waals surface area contributed by atoms with Gasteiger partial charge in [0.1, 0.15) is 11.6 Å². The van der Waals surface area contributed by atoms with E-state index >= 15 is 0 Å². The molecule has 0 aliphatic rings. The van der Waals surface area contributed by atoms with Gasteiger partial charge in [0.25, 0.3) is 0 Å². The third-order valence-corrected chi connectivity index (χ3v) is 3.75. The summed E-state index contributed by atoms with van der Waals surface area (Å²) in [5.41, 5.74) is 1.18. The number of halogens is 2. The van der Waals surface area contributed by atoms with E-state index in [1.807, 2.05) is 32.0 Å². The van der Waals surface area contributed by atoms with Crippen LogP contribution < -0.4 is 20.1 Å². The number of guanidine groups is 1. The molecule has 0 fully saturated rings. The molecule has 0 aliphatic carbocycles. The topological polar surface area (TPSA) is 54.9 Å². The van der Waals surface area contributed by atoms with E-state index in [1.54, 1.807) is 7.11 Å². The van der Waals surface area contributed by atoms with Crippen molar-refractivity contribution in [3.63, 3.8) is 0 Å². The number of nitrogens with zero attached hydrogens (tertiary/aromatic N) is 1. The summed E-state index contributed by atoms with van der Waals surface area (Å²) in [6.45, 7) is 5.54. The number of rotatable bonds is 8. The molecule has 2 aromatic rings. The Morgan fingerprint density at radius 1 is 1.04 bits per heavy atom. The summed E-state index contributed by atoms with van der Waals surface area (Å²) in [5, 5.41) is 6.10. The number of aliphatic imine (C=N–C) groups is 1. The lowest BCUT2D eigenvalue weighted by molar-refractivity contribution is 0.310. The Hall–Kier alpha value is -2.83. The van der Waals surface area contributed by atoms with Gasteiger partial charge in [0, 0.05) is 18.7 Å². The van der Waals surface area contributed by atoms with Gasteiger partial charge in [-0.25, -0.2) is 13.8 Å². The van der Waals surface area contributed by atoms with Crippen LogP contribution in [0.25, 0.3) is 0 Å². The highest BCUT2D eigenvalue weighted by molar-refractivity contribution is 5.79. The van der Waals surface area contributed by atoms with Gasteiger partial charge in [-0.15, -0.1) is 0 Å². The molecule has 0 aliphatic heterocycles. The Bertz CT molecular complexity index is 782. The fourth-order valence-corrected chi connectivity index (χ4v) is 2.46. The molecule has 146 valence electrons. The lowest BCUT2D eigenvalue weighted by Crippen LogP contribution is -2.37. The maximum Gasteiger partial charge on any atom is 0.191 e. The SMILES string of the molecule is CCNC(=NCc1ccc(OC)c(OCC)c1)NCc1cc(F)ccc1F. The van der Waals surface area contributed by atoms with Gasteiger partial charge in [0.05, 0.1) is 20.3 Å². The average Bonchev–Trinajstić information content (AvgIpc) is 2.67. The van der Waals surface area contributed by atoms with E-state index in [-0.39, 0.29) is 12.1 Å². The molecule has 0 saturated heterocycles. The molecule has 5 nitrogen and oxygen atoms in total. The molecule has 0 amide bonds. The number of benzene rings is 2. The summed E-state index contributed by atoms with van der Waals surface area (Å²) in [7, 11) is 1.59. The van der Waals surface area contributed by atoms with E-state index in [9.17, 15) is 8.78 Å². The van der Waals surface area contributed by atoms with Crippen molar-refractivity contribution in [1.29, 1.82) is 0 Å². The number of hydrogen-bond acceptors (Lipinski definition) is 3. The first-order chi connectivity index (χ1) is 13.1. The minimum Gasteiger partial charge on any atom is -0.493 e. The first-order valence-electron chi connectivity index (χ1n) is 8.83. The summed E-state index contributed by atoms with van der Waals surface area (Å²) in [5.74, 6) is 0.895. The third kappa shape index (κ3) is 6.13. The highest BCUT2D eigenvalue weighted by atomic mass is 19.1. The Morgan fingerprint density at radius 3 is 2.56 bits per heavy atom. The maximum atomic E-state index is 13.8. The van der Waals surface area contributed by atoms with Crippen molar-refractivity contribution in [2.45, 2.75) is 26.9 Å². The second kappa shape index (κ2) is 10.4. The van der Waals surface area contributed by atoms with Crippen molar-refractivity contribution in [2.75, 3.05) is 20.3 Å². The molecule has 0 saturated carbocycles. The fourth-order valence-electron chi connectivity index (χ4n) is 2.46. The van der Waals surface area contributed by atoms with Crippen LogP contribution in [0.2, 0.25) is 0 Å². The summed E-state index contributed by atoms with van der Waals surface area (Å²) in [6.07, 6.45) is 0. The van der Waals surface area contributed by atoms with Crippen LogP contribution >= 0.6 is 0 Å². The second-order valence-electron chi connectivity index (χ2n) is 5.70. The van der Waals surface area contributed by atoms with Crippen molar-refractivity contribution in [3.8, 4) is 11.5 Å². The summed E-state index contributed by atoms with van der Waals surface area (Å²) in [4.78, 5) is 4.49. The zero-order valence-electron chi connectivity index (χ0n) is 15.8. The van der Waals surface area contributed by atoms with Gasteiger partial charge in [0.2, 0.25) is 0 Å². The van der Waals surface area contributed by atoms with E-state index < -0.39 is 11.6 Å². The first-order valence-corrected chi connectivity index (χ1v) is 8.83. The van der Waals surface area contributed by atoms with E-state index in [0.29, 0.717) is 37.2 Å². The summed E-state index contributed by atoms with van der Waals surface area (Å²) in [6, 6.07) is 8.99. The predicted octanol–water partition coefficient (Wildman–Crippen LogP) is 3.63. The molecule has 0 spiro atoms. The van der Waals surface area contributed by atoms with Gasteiger partial charge >= 0.3 is 0 Å². The molecule has 0 radical (unpaired) electrons. The summed E-state index contributed by atoms with van der Waals surface area (Å²) < 4.78 is 37.9. The minimum absolute atomic E-state index is 0.127. The van der Waals surface area contributed by atoms with Gasteiger partial charge in [-0.1, -0.05) is 6.07 Å². The standard InChI is InChI=1S/C20H25F2N3O2/c1-4-23-20(25-13-15-11-16(21)7-8-17(15)22)24-12-14-6-9-18(26-3)19(10-14)27-5-2/h6-11H,4-5,12-13H2,1-3H3,(H2,23,24,25). The van der Waals surface area contributed by atoms with Gasteiger partial charge < -0.3 is 20.1 Å². The van der Waals surface area contributed by atoms with Crippen LogP contribution in [-0.4, -0.2) is 26.2 Å². The smallest absolute Gasteiger partial charge is 0.191 e. The van der Waals surface area contributed by atoms with Crippen molar-refractivity contribution >= 4 is 5.96 Å². The van der Waals surface area contributed by atoms with Crippen LogP contribution in [0.5, 0.6) is 11.5 Å². The summed E-state index contributed by atoms with van der Waals surface area (Å²) >= 11 is 0. The van der Waals surface area contributed by atoms with Gasteiger partial charge in [-0.3, -0.25) is 0 Å². The number of methoxy groups -OCH3 is 1. The molecular formula is C20H25F2N3O2. The second-order valence-corrected chi connectivity index (χ2v) is 5.70. The van der Waals surface area contributed by atoms with Crippen LogP contribution in [0, 0.1) is 11.6 Å². The van der Waals surface area contributed by atoms with E-state index in [2.05, 4.69) is 15.6 Å². The van der Waals surface area contributed by atoms with E-state index in [0.717, 1.165) is 17.7 Å². The molecule has 2 N–H and O–H groups in total. The van der Waals surface area contributed by atoms with Crippen LogP contribution in [-0.2, 0) is 13.1 Å². The molecule has 2 rings (SSSR count). The molecule has 2 aromatic carbocycles. The minimum atomic E-state index is -0.475. The Labute approximate surface area is 158 Å². The normalized spacial score (nSPS) is 11.2. The molecule has 0 bridgehead atoms. The molecular weight excluding hydrogens is 352 g/mol. The van der Waals surface area contributed by atoms with Gasteiger partial charge in [-0.2, -0.15) is 0 Å². The molecule has 7 heteroatoms. The Morgan fingerprint density at radius 2 is 1.85 bits per heavy atom. The quantitative estimate of drug-likeness (QED) is 0.545. The Kier molecular flexibility index (Phi) is 7.85. The lowest BCUT2D eigenvalue weighted by Gasteiger charge is -2.13. The number of hydrogen-bond donors (Lipinski definition) is 2. The van der Waals surface area contributed by atoms with Crippen molar-refractivity contribution in [3.05, 3.63) is 59.2 Å². The predicted molar refractivity (Wildman–Crippen MR) is 102 cm³/mol. The van der Waals surface area contributed by atoms with Crippen LogP contribution in [0.15, 0.2) is 41.4 Å². The average molecular weight is 377 g/mol. The third-order valence-electron chi connectivity index (χ3n) is 3.75. The molecule has 0 atom stereocenters. The molecule has 0 heterocycles. The van der Waals surface area contributed by atoms with Crippen molar-refractivity contribution in [1.82, 2.24) is 10.6 Å². The Balaban J connectivity index is 2.08. The lowest BCUT2D eigenvalue weighted by atomic mass is 10.2. The molecule has 27 heavy (non-hydrogen) atoms. The van der Waals surface area contributed by atoms with Crippen molar-refractivity contribution in [2.24, 2.45) is 4.99 Å². The van der Waals surface area contributed by atoms with E-state index in [4.69, 9.17) is 9.47 Å². The fraction of sp³-hybridized carbons (Fsp3) is 0.350. The van der Waals surface area contributed by atoms with Crippen molar-refractivity contribution < 1.29 is 18.3 Å².